The molecule has 0 fully saturated rings. The van der Waals surface area contributed by atoms with E-state index in [1.165, 1.54) is 13.8 Å². The van der Waals surface area contributed by atoms with E-state index < -0.39 is 36.9 Å². The summed E-state index contributed by atoms with van der Waals surface area (Å²) in [5.74, 6) is -1.24. The van der Waals surface area contributed by atoms with Crippen LogP contribution in [-0.4, -0.2) is 58.8 Å². The van der Waals surface area contributed by atoms with Crippen LogP contribution in [0.4, 0.5) is 0 Å². The highest BCUT2D eigenvalue weighted by Gasteiger charge is 2.16. The summed E-state index contributed by atoms with van der Waals surface area (Å²) in [5.41, 5.74) is 0. The Kier molecular flexibility index (Phi) is 8.27. The number of carbonyl (C=O) groups is 2. The minimum atomic E-state index is -1.11. The normalized spacial score (nSPS) is 15.6. The van der Waals surface area contributed by atoms with Crippen molar-refractivity contribution in [2.75, 3.05) is 13.2 Å². The molecule has 0 aromatic heterocycles. The van der Waals surface area contributed by atoms with Crippen molar-refractivity contribution < 1.29 is 34.4 Å². The SMILES string of the molecule is CC(O)CC(=O)OC(C)CC(=O)OCC(O)CO. The molecular formula is C11H20O7. The maximum Gasteiger partial charge on any atom is 0.309 e. The Labute approximate surface area is 105 Å². The van der Waals surface area contributed by atoms with Gasteiger partial charge in [-0.1, -0.05) is 0 Å². The van der Waals surface area contributed by atoms with Gasteiger partial charge in [0, 0.05) is 0 Å². The molecule has 7 heteroatoms. The number of hydrogen-bond donors (Lipinski definition) is 3. The van der Waals surface area contributed by atoms with Crippen LogP contribution in [0.1, 0.15) is 26.7 Å². The van der Waals surface area contributed by atoms with Crippen molar-refractivity contribution in [3.63, 3.8) is 0 Å². The molecule has 0 heterocycles. The molecule has 0 aliphatic carbocycles. The van der Waals surface area contributed by atoms with E-state index in [-0.39, 0.29) is 19.4 Å². The first kappa shape index (κ1) is 16.8. The van der Waals surface area contributed by atoms with Gasteiger partial charge >= 0.3 is 11.9 Å². The van der Waals surface area contributed by atoms with Crippen molar-refractivity contribution in [1.82, 2.24) is 0 Å². The smallest absolute Gasteiger partial charge is 0.309 e. The molecule has 0 spiro atoms. The maximum atomic E-state index is 11.2. The zero-order chi connectivity index (χ0) is 14.1. The van der Waals surface area contributed by atoms with Gasteiger partial charge in [-0.05, 0) is 13.8 Å². The quantitative estimate of drug-likeness (QED) is 0.481. The van der Waals surface area contributed by atoms with Gasteiger partial charge in [0.15, 0.2) is 0 Å². The Balaban J connectivity index is 3.83. The number of carbonyl (C=O) groups excluding carboxylic acids is 2. The van der Waals surface area contributed by atoms with Crippen molar-refractivity contribution in [2.24, 2.45) is 0 Å². The molecular weight excluding hydrogens is 244 g/mol. The minimum absolute atomic E-state index is 0.136. The lowest BCUT2D eigenvalue weighted by Gasteiger charge is -2.14. The van der Waals surface area contributed by atoms with Gasteiger partial charge < -0.3 is 24.8 Å². The van der Waals surface area contributed by atoms with Crippen LogP contribution in [0.25, 0.3) is 0 Å². The third-order valence-corrected chi connectivity index (χ3v) is 1.90. The molecule has 0 aromatic rings. The Morgan fingerprint density at radius 1 is 1.11 bits per heavy atom. The van der Waals surface area contributed by atoms with Gasteiger partial charge in [0.25, 0.3) is 0 Å². The molecule has 0 saturated heterocycles. The molecule has 3 N–H and O–H groups in total. The molecule has 18 heavy (non-hydrogen) atoms. The molecule has 0 aromatic carbocycles. The van der Waals surface area contributed by atoms with Crippen molar-refractivity contribution in [3.05, 3.63) is 0 Å². The molecule has 0 aliphatic rings. The monoisotopic (exact) mass is 264 g/mol. The second-order valence-electron chi connectivity index (χ2n) is 4.08. The van der Waals surface area contributed by atoms with Gasteiger partial charge in [0.2, 0.25) is 0 Å². The van der Waals surface area contributed by atoms with Gasteiger partial charge in [0.1, 0.15) is 18.8 Å². The van der Waals surface area contributed by atoms with Crippen LogP contribution in [0, 0.1) is 0 Å². The molecule has 3 unspecified atom stereocenters. The van der Waals surface area contributed by atoms with Crippen LogP contribution in [0.5, 0.6) is 0 Å². The standard InChI is InChI=1S/C11H20O7/c1-7(13)3-11(16)18-8(2)4-10(15)17-6-9(14)5-12/h7-9,12-14H,3-6H2,1-2H3. The summed E-state index contributed by atoms with van der Waals surface area (Å²) in [4.78, 5) is 22.4. The average Bonchev–Trinajstić information content (AvgIpc) is 2.24. The molecule has 0 amide bonds. The van der Waals surface area contributed by atoms with E-state index >= 15 is 0 Å². The van der Waals surface area contributed by atoms with Gasteiger partial charge in [-0.15, -0.1) is 0 Å². The molecule has 0 aliphatic heterocycles. The van der Waals surface area contributed by atoms with Gasteiger partial charge in [-0.3, -0.25) is 9.59 Å². The highest BCUT2D eigenvalue weighted by molar-refractivity contribution is 5.72. The first-order chi connectivity index (χ1) is 8.35. The lowest BCUT2D eigenvalue weighted by molar-refractivity contribution is -0.156. The second kappa shape index (κ2) is 8.84. The third-order valence-electron chi connectivity index (χ3n) is 1.90. The van der Waals surface area contributed by atoms with Crippen LogP contribution in [0.2, 0.25) is 0 Å². The molecule has 7 nitrogen and oxygen atoms in total. The fourth-order valence-electron chi connectivity index (χ4n) is 1.09. The second-order valence-corrected chi connectivity index (χ2v) is 4.08. The number of aliphatic hydroxyl groups excluding tert-OH is 3. The molecule has 0 radical (unpaired) electrons. The lowest BCUT2D eigenvalue weighted by Crippen LogP contribution is -2.25. The lowest BCUT2D eigenvalue weighted by atomic mass is 10.2. The van der Waals surface area contributed by atoms with Crippen LogP contribution in [-0.2, 0) is 19.1 Å². The predicted molar refractivity (Wildman–Crippen MR) is 60.5 cm³/mol. The zero-order valence-electron chi connectivity index (χ0n) is 10.5. The van der Waals surface area contributed by atoms with E-state index in [1.54, 1.807) is 0 Å². The van der Waals surface area contributed by atoms with Gasteiger partial charge in [-0.25, -0.2) is 0 Å². The Hall–Kier alpha value is -1.18. The number of ether oxygens (including phenoxy) is 2. The Morgan fingerprint density at radius 2 is 1.72 bits per heavy atom. The average molecular weight is 264 g/mol. The van der Waals surface area contributed by atoms with E-state index in [4.69, 9.17) is 20.1 Å². The van der Waals surface area contributed by atoms with Crippen molar-refractivity contribution in [3.8, 4) is 0 Å². The summed E-state index contributed by atoms with van der Waals surface area (Å²) in [5, 5.41) is 26.4. The summed E-state index contributed by atoms with van der Waals surface area (Å²) in [6.07, 6.45) is -2.86. The van der Waals surface area contributed by atoms with E-state index in [0.717, 1.165) is 0 Å². The molecule has 3 atom stereocenters. The summed E-state index contributed by atoms with van der Waals surface area (Å²) < 4.78 is 9.49. The van der Waals surface area contributed by atoms with Crippen molar-refractivity contribution >= 4 is 11.9 Å². The molecule has 106 valence electrons. The van der Waals surface area contributed by atoms with Gasteiger partial charge in [0.05, 0.1) is 25.6 Å². The minimum Gasteiger partial charge on any atom is -0.463 e. The van der Waals surface area contributed by atoms with Crippen LogP contribution in [0.3, 0.4) is 0 Å². The summed E-state index contributed by atoms with van der Waals surface area (Å²) in [6.45, 7) is 2.18. The van der Waals surface area contributed by atoms with E-state index in [9.17, 15) is 9.59 Å². The summed E-state index contributed by atoms with van der Waals surface area (Å²) in [6, 6.07) is 0. The van der Waals surface area contributed by atoms with Crippen LogP contribution in [0.15, 0.2) is 0 Å². The zero-order valence-corrected chi connectivity index (χ0v) is 10.5. The maximum absolute atomic E-state index is 11.2. The highest BCUT2D eigenvalue weighted by atomic mass is 16.6. The number of rotatable bonds is 8. The molecule has 0 saturated carbocycles. The molecule has 0 bridgehead atoms. The predicted octanol–water partition coefficient (Wildman–Crippen LogP) is -1.02. The topological polar surface area (TPSA) is 113 Å². The van der Waals surface area contributed by atoms with E-state index in [2.05, 4.69) is 4.74 Å². The first-order valence-electron chi connectivity index (χ1n) is 5.67. The van der Waals surface area contributed by atoms with E-state index in [1.807, 2.05) is 0 Å². The fraction of sp³-hybridized carbons (Fsp3) is 0.818. The third kappa shape index (κ3) is 8.91. The van der Waals surface area contributed by atoms with Crippen LogP contribution >= 0.6 is 0 Å². The largest absolute Gasteiger partial charge is 0.463 e. The Morgan fingerprint density at radius 3 is 2.22 bits per heavy atom. The molecule has 0 rings (SSSR count). The van der Waals surface area contributed by atoms with E-state index in [0.29, 0.717) is 0 Å². The first-order valence-corrected chi connectivity index (χ1v) is 5.67. The van der Waals surface area contributed by atoms with Gasteiger partial charge in [-0.2, -0.15) is 0 Å². The summed E-state index contributed by atoms with van der Waals surface area (Å²) in [7, 11) is 0. The number of aliphatic hydroxyl groups is 3. The number of esters is 2. The summed E-state index contributed by atoms with van der Waals surface area (Å²) >= 11 is 0. The number of hydrogen-bond acceptors (Lipinski definition) is 7. The van der Waals surface area contributed by atoms with Crippen molar-refractivity contribution in [2.45, 2.75) is 45.0 Å². The Bertz CT molecular complexity index is 264. The van der Waals surface area contributed by atoms with Crippen molar-refractivity contribution in [1.29, 1.82) is 0 Å². The highest BCUT2D eigenvalue weighted by Crippen LogP contribution is 2.03. The fourth-order valence-corrected chi connectivity index (χ4v) is 1.09. The van der Waals surface area contributed by atoms with Crippen LogP contribution < -0.4 is 0 Å².